The molecule has 2 heterocycles. The normalized spacial score (nSPS) is 25.9. The second-order valence-corrected chi connectivity index (χ2v) is 5.49. The summed E-state index contributed by atoms with van der Waals surface area (Å²) < 4.78 is 0. The van der Waals surface area contributed by atoms with E-state index >= 15 is 0 Å². The van der Waals surface area contributed by atoms with Crippen molar-refractivity contribution in [3.05, 3.63) is 47.0 Å². The van der Waals surface area contributed by atoms with Crippen LogP contribution < -0.4 is 10.7 Å². The summed E-state index contributed by atoms with van der Waals surface area (Å²) in [5.41, 5.74) is 7.93. The monoisotopic (exact) mass is 272 g/mol. The molecular formula is C15H20N4O. The molecule has 0 bridgehead atoms. The number of carbonyl (C=O) groups is 1. The summed E-state index contributed by atoms with van der Waals surface area (Å²) in [5.74, 6) is 0. The van der Waals surface area contributed by atoms with Crippen molar-refractivity contribution in [3.63, 3.8) is 0 Å². The largest absolute Gasteiger partial charge is 0.365 e. The number of hydrogen-bond donors (Lipinski definition) is 2. The zero-order chi connectivity index (χ0) is 14.1. The van der Waals surface area contributed by atoms with Crippen molar-refractivity contribution in [2.45, 2.75) is 19.0 Å². The van der Waals surface area contributed by atoms with Crippen LogP contribution in [-0.2, 0) is 4.79 Å². The van der Waals surface area contributed by atoms with Gasteiger partial charge in [0.05, 0.1) is 5.70 Å². The summed E-state index contributed by atoms with van der Waals surface area (Å²) in [5, 5.41) is 5.57. The first kappa shape index (κ1) is 13.0. The molecule has 20 heavy (non-hydrogen) atoms. The molecule has 1 unspecified atom stereocenters. The van der Waals surface area contributed by atoms with Crippen molar-refractivity contribution in [3.8, 4) is 0 Å². The molecule has 106 valence electrons. The van der Waals surface area contributed by atoms with Gasteiger partial charge in [0.2, 0.25) is 0 Å². The van der Waals surface area contributed by atoms with Gasteiger partial charge in [0.25, 0.3) is 0 Å². The number of likely N-dealkylation sites (N-methyl/N-ethyl adjacent to an activating group) is 2. The minimum atomic E-state index is -0.0787. The number of nitrogens with zero attached hydrogens (tertiary/aromatic N) is 2. The number of nitrogens with one attached hydrogen (secondary N) is 2. The third-order valence-electron chi connectivity index (χ3n) is 3.93. The Balaban J connectivity index is 1.75. The van der Waals surface area contributed by atoms with E-state index in [0.717, 1.165) is 31.2 Å². The smallest absolute Gasteiger partial charge is 0.149 e. The van der Waals surface area contributed by atoms with Crippen LogP contribution in [0.1, 0.15) is 12.8 Å². The molecule has 5 heteroatoms. The standard InChI is InChI=1S/C15H20N4O/c1-18-7-3-4-12(10-20)15(18)16-13-6-5-11-9-19(2)17-14(11)8-13/h3-4,7-8,10,15-17H,5-6,9H2,1-2H3. The SMILES string of the molecule is CN1CC2=C(C=C(NC3C(C=O)=CC=CN3C)CC2)N1. The van der Waals surface area contributed by atoms with Gasteiger partial charge in [0.15, 0.2) is 0 Å². The maximum Gasteiger partial charge on any atom is 0.149 e. The lowest BCUT2D eigenvalue weighted by Crippen LogP contribution is -2.43. The Bertz CT molecular complexity index is 544. The molecular weight excluding hydrogens is 252 g/mol. The average molecular weight is 272 g/mol. The maximum atomic E-state index is 11.2. The summed E-state index contributed by atoms with van der Waals surface area (Å²) >= 11 is 0. The highest BCUT2D eigenvalue weighted by molar-refractivity contribution is 5.76. The van der Waals surface area contributed by atoms with Gasteiger partial charge in [-0.15, -0.1) is 0 Å². The van der Waals surface area contributed by atoms with Gasteiger partial charge >= 0.3 is 0 Å². The molecule has 2 aliphatic heterocycles. The van der Waals surface area contributed by atoms with Crippen molar-refractivity contribution in [1.29, 1.82) is 0 Å². The molecule has 0 aromatic rings. The Morgan fingerprint density at radius 2 is 2.25 bits per heavy atom. The highest BCUT2D eigenvalue weighted by Crippen LogP contribution is 2.26. The molecule has 0 amide bonds. The van der Waals surface area contributed by atoms with Crippen LogP contribution in [0.2, 0.25) is 0 Å². The number of rotatable bonds is 3. The quantitative estimate of drug-likeness (QED) is 0.747. The molecule has 0 saturated heterocycles. The van der Waals surface area contributed by atoms with Crippen LogP contribution in [0, 0.1) is 0 Å². The van der Waals surface area contributed by atoms with E-state index in [9.17, 15) is 4.79 Å². The summed E-state index contributed by atoms with van der Waals surface area (Å²) in [6, 6.07) is 0. The minimum Gasteiger partial charge on any atom is -0.365 e. The van der Waals surface area contributed by atoms with E-state index in [1.54, 1.807) is 0 Å². The Kier molecular flexibility index (Phi) is 3.36. The fourth-order valence-corrected chi connectivity index (χ4v) is 2.86. The number of hydrogen-bond acceptors (Lipinski definition) is 5. The van der Waals surface area contributed by atoms with Crippen LogP contribution in [0.3, 0.4) is 0 Å². The van der Waals surface area contributed by atoms with Gasteiger partial charge in [-0.25, -0.2) is 5.01 Å². The molecule has 0 fully saturated rings. The van der Waals surface area contributed by atoms with Crippen molar-refractivity contribution in [2.75, 3.05) is 20.6 Å². The van der Waals surface area contributed by atoms with Gasteiger partial charge in [-0.1, -0.05) is 6.08 Å². The van der Waals surface area contributed by atoms with Crippen LogP contribution in [0.25, 0.3) is 0 Å². The van der Waals surface area contributed by atoms with Crippen molar-refractivity contribution < 1.29 is 4.79 Å². The summed E-state index contributed by atoms with van der Waals surface area (Å²) in [7, 11) is 4.02. The van der Waals surface area contributed by atoms with Crippen LogP contribution in [0.5, 0.6) is 0 Å². The molecule has 0 saturated carbocycles. The van der Waals surface area contributed by atoms with E-state index in [2.05, 4.69) is 21.8 Å². The number of allylic oxidation sites excluding steroid dienone is 4. The van der Waals surface area contributed by atoms with Crippen LogP contribution >= 0.6 is 0 Å². The molecule has 3 aliphatic rings. The molecule has 0 spiro atoms. The van der Waals surface area contributed by atoms with E-state index in [-0.39, 0.29) is 6.17 Å². The second kappa shape index (κ2) is 5.17. The predicted molar refractivity (Wildman–Crippen MR) is 78.1 cm³/mol. The summed E-state index contributed by atoms with van der Waals surface area (Å²) in [6.45, 7) is 0.991. The molecule has 1 aliphatic carbocycles. The second-order valence-electron chi connectivity index (χ2n) is 5.49. The third kappa shape index (κ3) is 2.36. The lowest BCUT2D eigenvalue weighted by Gasteiger charge is -2.32. The molecule has 1 atom stereocenters. The van der Waals surface area contributed by atoms with E-state index in [0.29, 0.717) is 0 Å². The molecule has 0 radical (unpaired) electrons. The van der Waals surface area contributed by atoms with Crippen molar-refractivity contribution in [2.24, 2.45) is 0 Å². The van der Waals surface area contributed by atoms with Gasteiger partial charge in [-0.3, -0.25) is 4.79 Å². The lowest BCUT2D eigenvalue weighted by atomic mass is 10.00. The topological polar surface area (TPSA) is 47.6 Å². The Hall–Kier alpha value is -2.01. The zero-order valence-corrected chi connectivity index (χ0v) is 11.9. The Morgan fingerprint density at radius 1 is 1.40 bits per heavy atom. The van der Waals surface area contributed by atoms with Gasteiger partial charge in [0, 0.05) is 38.1 Å². The number of hydrazine groups is 1. The van der Waals surface area contributed by atoms with Gasteiger partial charge in [0.1, 0.15) is 12.5 Å². The van der Waals surface area contributed by atoms with Crippen LogP contribution in [0.15, 0.2) is 47.0 Å². The fraction of sp³-hybridized carbons (Fsp3) is 0.400. The molecule has 0 aromatic heterocycles. The molecule has 3 rings (SSSR count). The van der Waals surface area contributed by atoms with Gasteiger partial charge in [-0.2, -0.15) is 0 Å². The van der Waals surface area contributed by atoms with E-state index < -0.39 is 0 Å². The lowest BCUT2D eigenvalue weighted by molar-refractivity contribution is -0.105. The van der Waals surface area contributed by atoms with Gasteiger partial charge < -0.3 is 15.6 Å². The summed E-state index contributed by atoms with van der Waals surface area (Å²) in [6.07, 6.45) is 10.8. The predicted octanol–water partition coefficient (Wildman–Crippen LogP) is 0.868. The van der Waals surface area contributed by atoms with Crippen molar-refractivity contribution in [1.82, 2.24) is 20.7 Å². The highest BCUT2D eigenvalue weighted by atomic mass is 16.1. The van der Waals surface area contributed by atoms with Gasteiger partial charge in [-0.05, 0) is 30.6 Å². The Labute approximate surface area is 119 Å². The first-order valence-electron chi connectivity index (χ1n) is 6.90. The van der Waals surface area contributed by atoms with E-state index in [1.807, 2.05) is 37.3 Å². The van der Waals surface area contributed by atoms with Crippen LogP contribution in [0.4, 0.5) is 0 Å². The van der Waals surface area contributed by atoms with Crippen molar-refractivity contribution >= 4 is 6.29 Å². The fourth-order valence-electron chi connectivity index (χ4n) is 2.86. The Morgan fingerprint density at radius 3 is 3.05 bits per heavy atom. The maximum absolute atomic E-state index is 11.2. The molecule has 2 N–H and O–H groups in total. The summed E-state index contributed by atoms with van der Waals surface area (Å²) in [4.78, 5) is 13.2. The third-order valence-corrected chi connectivity index (χ3v) is 3.93. The van der Waals surface area contributed by atoms with E-state index in [1.165, 1.54) is 17.0 Å². The first-order chi connectivity index (χ1) is 9.67. The minimum absolute atomic E-state index is 0.0787. The number of aldehydes is 1. The number of carbonyl (C=O) groups excluding carboxylic acids is 1. The zero-order valence-electron chi connectivity index (χ0n) is 11.9. The van der Waals surface area contributed by atoms with Crippen LogP contribution in [-0.4, -0.2) is 43.0 Å². The highest BCUT2D eigenvalue weighted by Gasteiger charge is 2.24. The first-order valence-corrected chi connectivity index (χ1v) is 6.90. The molecule has 5 nitrogen and oxygen atoms in total. The van der Waals surface area contributed by atoms with E-state index in [4.69, 9.17) is 0 Å². The molecule has 0 aromatic carbocycles. The average Bonchev–Trinajstić information content (AvgIpc) is 2.80.